The normalized spacial score (nSPS) is 24.4. The van der Waals surface area contributed by atoms with Crippen LogP contribution in [0.15, 0.2) is 0 Å². The van der Waals surface area contributed by atoms with Crippen molar-refractivity contribution in [2.24, 2.45) is 11.3 Å². The van der Waals surface area contributed by atoms with Crippen molar-refractivity contribution in [3.63, 3.8) is 0 Å². The van der Waals surface area contributed by atoms with Gasteiger partial charge in [-0.05, 0) is 37.0 Å². The highest BCUT2D eigenvalue weighted by atomic mass is 16.6. The molecule has 5 nitrogen and oxygen atoms in total. The van der Waals surface area contributed by atoms with Crippen molar-refractivity contribution in [2.75, 3.05) is 6.54 Å². The predicted octanol–water partition coefficient (Wildman–Crippen LogP) is 2.40. The van der Waals surface area contributed by atoms with Gasteiger partial charge in [0.05, 0.1) is 0 Å². The lowest BCUT2D eigenvalue weighted by atomic mass is 9.72. The second kappa shape index (κ2) is 6.07. The van der Waals surface area contributed by atoms with Crippen LogP contribution >= 0.6 is 0 Å². The topological polar surface area (TPSA) is 75.6 Å². The van der Waals surface area contributed by atoms with Crippen LogP contribution in [-0.2, 0) is 9.53 Å². The molecule has 5 heteroatoms. The Labute approximate surface area is 108 Å². The Hall–Kier alpha value is -1.26. The van der Waals surface area contributed by atoms with Crippen molar-refractivity contribution in [3.8, 4) is 0 Å². The number of nitrogens with one attached hydrogen (secondary N) is 1. The van der Waals surface area contributed by atoms with Crippen molar-refractivity contribution in [1.82, 2.24) is 5.32 Å². The van der Waals surface area contributed by atoms with Crippen LogP contribution in [0.4, 0.5) is 4.79 Å². The molecule has 0 aromatic heterocycles. The summed E-state index contributed by atoms with van der Waals surface area (Å²) in [5.41, 5.74) is 0.302. The molecule has 0 atom stereocenters. The van der Waals surface area contributed by atoms with E-state index in [1.165, 1.54) is 0 Å². The molecule has 0 heterocycles. The van der Waals surface area contributed by atoms with Gasteiger partial charge in [-0.2, -0.15) is 0 Å². The Morgan fingerprint density at radius 3 is 2.22 bits per heavy atom. The van der Waals surface area contributed by atoms with Gasteiger partial charge in [0.1, 0.15) is 12.6 Å². The van der Waals surface area contributed by atoms with E-state index in [2.05, 4.69) is 26.1 Å². The minimum atomic E-state index is -1.07. The number of ether oxygens (including phenoxy) is 1. The zero-order valence-electron chi connectivity index (χ0n) is 11.4. The van der Waals surface area contributed by atoms with Gasteiger partial charge in [0.2, 0.25) is 0 Å². The summed E-state index contributed by atoms with van der Waals surface area (Å²) in [4.78, 5) is 21.6. The van der Waals surface area contributed by atoms with Crippen LogP contribution in [0.3, 0.4) is 0 Å². The molecule has 1 amide bonds. The monoisotopic (exact) mass is 257 g/mol. The molecule has 1 rings (SSSR count). The van der Waals surface area contributed by atoms with E-state index in [0.717, 1.165) is 25.7 Å². The smallest absolute Gasteiger partial charge is 0.407 e. The summed E-state index contributed by atoms with van der Waals surface area (Å²) in [7, 11) is 0. The number of rotatable bonds is 3. The van der Waals surface area contributed by atoms with Gasteiger partial charge in [-0.1, -0.05) is 20.8 Å². The first-order chi connectivity index (χ1) is 8.29. The maximum atomic E-state index is 11.3. The van der Waals surface area contributed by atoms with Crippen molar-refractivity contribution in [3.05, 3.63) is 0 Å². The molecule has 1 saturated carbocycles. The maximum absolute atomic E-state index is 11.3. The minimum absolute atomic E-state index is 0.0719. The molecule has 0 spiro atoms. The second-order valence-electron chi connectivity index (χ2n) is 5.99. The highest BCUT2D eigenvalue weighted by Gasteiger charge is 2.31. The SMILES string of the molecule is CC(C)(C)C1CCC(OC(=O)NCC(=O)O)CC1. The lowest BCUT2D eigenvalue weighted by molar-refractivity contribution is -0.135. The molecule has 2 N–H and O–H groups in total. The van der Waals surface area contributed by atoms with Crippen molar-refractivity contribution < 1.29 is 19.4 Å². The average Bonchev–Trinajstić information content (AvgIpc) is 2.26. The van der Waals surface area contributed by atoms with E-state index in [-0.39, 0.29) is 6.10 Å². The van der Waals surface area contributed by atoms with E-state index in [9.17, 15) is 9.59 Å². The third-order valence-corrected chi connectivity index (χ3v) is 3.56. The predicted molar refractivity (Wildman–Crippen MR) is 67.3 cm³/mol. The Morgan fingerprint density at radius 2 is 1.78 bits per heavy atom. The zero-order valence-corrected chi connectivity index (χ0v) is 11.4. The van der Waals surface area contributed by atoms with Gasteiger partial charge in [-0.25, -0.2) is 4.79 Å². The largest absolute Gasteiger partial charge is 0.480 e. The van der Waals surface area contributed by atoms with Gasteiger partial charge in [0.15, 0.2) is 0 Å². The Balaban J connectivity index is 2.27. The molecule has 18 heavy (non-hydrogen) atoms. The fourth-order valence-electron chi connectivity index (χ4n) is 2.39. The van der Waals surface area contributed by atoms with Crippen LogP contribution in [0, 0.1) is 11.3 Å². The van der Waals surface area contributed by atoms with Crippen LogP contribution in [-0.4, -0.2) is 29.8 Å². The maximum Gasteiger partial charge on any atom is 0.407 e. The van der Waals surface area contributed by atoms with Crippen LogP contribution in [0.1, 0.15) is 46.5 Å². The van der Waals surface area contributed by atoms with Crippen LogP contribution in [0.5, 0.6) is 0 Å². The average molecular weight is 257 g/mol. The minimum Gasteiger partial charge on any atom is -0.480 e. The third kappa shape index (κ3) is 4.94. The molecule has 0 radical (unpaired) electrons. The molecule has 0 bridgehead atoms. The summed E-state index contributed by atoms with van der Waals surface area (Å²) < 4.78 is 5.19. The first kappa shape index (κ1) is 14.8. The van der Waals surface area contributed by atoms with Crippen molar-refractivity contribution in [1.29, 1.82) is 0 Å². The molecule has 0 unspecified atom stereocenters. The molecule has 0 saturated heterocycles. The second-order valence-corrected chi connectivity index (χ2v) is 5.99. The van der Waals surface area contributed by atoms with Crippen LogP contribution < -0.4 is 5.32 Å². The summed E-state index contributed by atoms with van der Waals surface area (Å²) in [6.45, 7) is 6.31. The number of aliphatic carboxylic acids is 1. The van der Waals surface area contributed by atoms with Gasteiger partial charge in [0, 0.05) is 0 Å². The van der Waals surface area contributed by atoms with E-state index < -0.39 is 18.6 Å². The standard InChI is InChI=1S/C13H23NO4/c1-13(2,3)9-4-6-10(7-5-9)18-12(17)14-8-11(15)16/h9-10H,4-8H2,1-3H3,(H,14,17)(H,15,16). The van der Waals surface area contributed by atoms with Gasteiger partial charge in [-0.15, -0.1) is 0 Å². The lowest BCUT2D eigenvalue weighted by Gasteiger charge is -2.36. The van der Waals surface area contributed by atoms with Gasteiger partial charge in [-0.3, -0.25) is 4.79 Å². The van der Waals surface area contributed by atoms with E-state index in [1.54, 1.807) is 0 Å². The molecular weight excluding hydrogens is 234 g/mol. The number of amides is 1. The number of carbonyl (C=O) groups excluding carboxylic acids is 1. The summed E-state index contributed by atoms with van der Waals surface area (Å²) >= 11 is 0. The summed E-state index contributed by atoms with van der Waals surface area (Å²) in [6.07, 6.45) is 3.14. The summed E-state index contributed by atoms with van der Waals surface area (Å²) in [5.74, 6) is -0.400. The molecular formula is C13H23NO4. The van der Waals surface area contributed by atoms with Gasteiger partial charge in [0.25, 0.3) is 0 Å². The highest BCUT2D eigenvalue weighted by molar-refractivity contribution is 5.76. The summed E-state index contributed by atoms with van der Waals surface area (Å²) in [5, 5.41) is 10.6. The van der Waals surface area contributed by atoms with E-state index in [0.29, 0.717) is 11.3 Å². The first-order valence-electron chi connectivity index (χ1n) is 6.45. The van der Waals surface area contributed by atoms with Crippen molar-refractivity contribution in [2.45, 2.75) is 52.6 Å². The molecule has 1 aliphatic rings. The molecule has 1 aliphatic carbocycles. The lowest BCUT2D eigenvalue weighted by Crippen LogP contribution is -2.35. The summed E-state index contributed by atoms with van der Waals surface area (Å²) in [6, 6.07) is 0. The van der Waals surface area contributed by atoms with E-state index in [1.807, 2.05) is 0 Å². The zero-order chi connectivity index (χ0) is 13.8. The Kier molecular flexibility index (Phi) is 4.99. The fraction of sp³-hybridized carbons (Fsp3) is 0.846. The van der Waals surface area contributed by atoms with E-state index in [4.69, 9.17) is 9.84 Å². The number of hydrogen-bond donors (Lipinski definition) is 2. The number of carboxylic acids is 1. The number of alkyl carbamates (subject to hydrolysis) is 1. The molecule has 0 aromatic rings. The molecule has 0 aromatic carbocycles. The first-order valence-corrected chi connectivity index (χ1v) is 6.45. The Bertz CT molecular complexity index is 301. The molecule has 1 fully saturated rings. The van der Waals surface area contributed by atoms with Crippen LogP contribution in [0.2, 0.25) is 0 Å². The molecule has 104 valence electrons. The quantitative estimate of drug-likeness (QED) is 0.814. The van der Waals surface area contributed by atoms with Crippen LogP contribution in [0.25, 0.3) is 0 Å². The molecule has 0 aliphatic heterocycles. The van der Waals surface area contributed by atoms with Gasteiger partial charge < -0.3 is 15.2 Å². The fourth-order valence-corrected chi connectivity index (χ4v) is 2.39. The number of hydrogen-bond acceptors (Lipinski definition) is 3. The highest BCUT2D eigenvalue weighted by Crippen LogP contribution is 2.38. The van der Waals surface area contributed by atoms with E-state index >= 15 is 0 Å². The van der Waals surface area contributed by atoms with Gasteiger partial charge >= 0.3 is 12.1 Å². The number of carbonyl (C=O) groups is 2. The van der Waals surface area contributed by atoms with Crippen molar-refractivity contribution >= 4 is 12.1 Å². The Morgan fingerprint density at radius 1 is 1.22 bits per heavy atom. The third-order valence-electron chi connectivity index (χ3n) is 3.56. The number of carboxylic acid groups (broad SMARTS) is 1.